The number of amides is 1. The van der Waals surface area contributed by atoms with Gasteiger partial charge in [0.25, 0.3) is 0 Å². The van der Waals surface area contributed by atoms with Gasteiger partial charge in [-0.05, 0) is 19.8 Å². The fraction of sp³-hybridized carbons (Fsp3) is 0.600. The van der Waals surface area contributed by atoms with Crippen LogP contribution in [0.4, 0.5) is 0 Å². The van der Waals surface area contributed by atoms with Gasteiger partial charge in [-0.3, -0.25) is 9.59 Å². The number of nitriles is 1. The Morgan fingerprint density at radius 2 is 2.26 bits per heavy atom. The Hall–Kier alpha value is -1.59. The SMILES string of the molecule is CCOC(=O)Cc1csc(SCC(=O)NC(C)(C#N)C(C)C)n1. The number of ether oxygens (including phenoxy) is 1. The summed E-state index contributed by atoms with van der Waals surface area (Å²) < 4.78 is 5.58. The van der Waals surface area contributed by atoms with Crippen molar-refractivity contribution in [1.29, 1.82) is 5.26 Å². The van der Waals surface area contributed by atoms with Gasteiger partial charge in [0.1, 0.15) is 5.54 Å². The maximum atomic E-state index is 12.0. The Balaban J connectivity index is 2.50. The van der Waals surface area contributed by atoms with Gasteiger partial charge in [0, 0.05) is 5.38 Å². The van der Waals surface area contributed by atoms with Crippen LogP contribution < -0.4 is 5.32 Å². The zero-order valence-electron chi connectivity index (χ0n) is 13.7. The minimum absolute atomic E-state index is 0.0116. The highest BCUT2D eigenvalue weighted by molar-refractivity contribution is 8.01. The van der Waals surface area contributed by atoms with Crippen molar-refractivity contribution in [3.05, 3.63) is 11.1 Å². The number of thiazole rings is 1. The maximum absolute atomic E-state index is 12.0. The molecule has 1 atom stereocenters. The standard InChI is InChI=1S/C15H21N3O3S2/c1-5-21-13(20)6-11-7-22-14(17-11)23-8-12(19)18-15(4,9-16)10(2)3/h7,10H,5-6,8H2,1-4H3,(H,18,19). The van der Waals surface area contributed by atoms with Gasteiger partial charge in [-0.15, -0.1) is 11.3 Å². The Morgan fingerprint density at radius 1 is 1.57 bits per heavy atom. The Kier molecular flexibility index (Phi) is 7.52. The van der Waals surface area contributed by atoms with Crippen LogP contribution in [0.2, 0.25) is 0 Å². The zero-order chi connectivity index (χ0) is 17.5. The van der Waals surface area contributed by atoms with E-state index in [1.165, 1.54) is 23.1 Å². The molecule has 0 spiro atoms. The first-order chi connectivity index (χ1) is 10.8. The molecule has 1 aromatic heterocycles. The van der Waals surface area contributed by atoms with Gasteiger partial charge in [-0.2, -0.15) is 5.26 Å². The third-order valence-electron chi connectivity index (χ3n) is 3.27. The molecular weight excluding hydrogens is 334 g/mol. The molecule has 1 rings (SSSR count). The van der Waals surface area contributed by atoms with Gasteiger partial charge in [0.05, 0.1) is 30.5 Å². The van der Waals surface area contributed by atoms with Crippen LogP contribution in [0, 0.1) is 17.2 Å². The molecule has 0 saturated carbocycles. The molecular formula is C15H21N3O3S2. The molecule has 1 amide bonds. The Bertz CT molecular complexity index is 595. The highest BCUT2D eigenvalue weighted by Crippen LogP contribution is 2.23. The summed E-state index contributed by atoms with van der Waals surface area (Å²) in [4.78, 5) is 27.7. The predicted octanol–water partition coefficient (Wildman–Crippen LogP) is 2.40. The van der Waals surface area contributed by atoms with E-state index in [0.29, 0.717) is 16.6 Å². The second-order valence-electron chi connectivity index (χ2n) is 5.39. The number of carbonyl (C=O) groups excluding carboxylic acids is 2. The summed E-state index contributed by atoms with van der Waals surface area (Å²) in [5.41, 5.74) is -0.240. The van der Waals surface area contributed by atoms with E-state index in [9.17, 15) is 14.9 Å². The summed E-state index contributed by atoms with van der Waals surface area (Å²) in [6, 6.07) is 2.14. The van der Waals surface area contributed by atoms with E-state index in [1.807, 2.05) is 13.8 Å². The molecule has 1 unspecified atom stereocenters. The van der Waals surface area contributed by atoms with Crippen molar-refractivity contribution in [3.8, 4) is 6.07 Å². The van der Waals surface area contributed by atoms with E-state index in [2.05, 4.69) is 16.4 Å². The van der Waals surface area contributed by atoms with Crippen molar-refractivity contribution in [1.82, 2.24) is 10.3 Å². The predicted molar refractivity (Wildman–Crippen MR) is 90.2 cm³/mol. The molecule has 0 fully saturated rings. The number of esters is 1. The largest absolute Gasteiger partial charge is 0.466 e. The Morgan fingerprint density at radius 3 is 2.83 bits per heavy atom. The molecule has 23 heavy (non-hydrogen) atoms. The fourth-order valence-corrected chi connectivity index (χ4v) is 3.19. The lowest BCUT2D eigenvalue weighted by Crippen LogP contribution is -2.49. The van der Waals surface area contributed by atoms with E-state index in [0.717, 1.165) is 0 Å². The number of hydrogen-bond acceptors (Lipinski definition) is 7. The van der Waals surface area contributed by atoms with E-state index in [1.54, 1.807) is 19.2 Å². The fourth-order valence-electron chi connectivity index (χ4n) is 1.55. The molecule has 0 bridgehead atoms. The molecule has 0 aliphatic heterocycles. The second kappa shape index (κ2) is 8.89. The zero-order valence-corrected chi connectivity index (χ0v) is 15.3. The monoisotopic (exact) mass is 355 g/mol. The third kappa shape index (κ3) is 6.20. The minimum atomic E-state index is -0.879. The molecule has 6 nitrogen and oxygen atoms in total. The van der Waals surface area contributed by atoms with Crippen LogP contribution in [0.5, 0.6) is 0 Å². The van der Waals surface area contributed by atoms with Crippen LogP contribution in [0.15, 0.2) is 9.72 Å². The van der Waals surface area contributed by atoms with Gasteiger partial charge in [-0.1, -0.05) is 25.6 Å². The van der Waals surface area contributed by atoms with E-state index in [-0.39, 0.29) is 30.0 Å². The lowest BCUT2D eigenvalue weighted by molar-refractivity contribution is -0.142. The van der Waals surface area contributed by atoms with Gasteiger partial charge in [-0.25, -0.2) is 4.98 Å². The van der Waals surface area contributed by atoms with Gasteiger partial charge in [0.15, 0.2) is 4.34 Å². The molecule has 1 N–H and O–H groups in total. The van der Waals surface area contributed by atoms with Crippen molar-refractivity contribution in [3.63, 3.8) is 0 Å². The van der Waals surface area contributed by atoms with Gasteiger partial charge >= 0.3 is 5.97 Å². The van der Waals surface area contributed by atoms with Crippen LogP contribution in [0.1, 0.15) is 33.4 Å². The van der Waals surface area contributed by atoms with Crippen molar-refractivity contribution >= 4 is 35.0 Å². The van der Waals surface area contributed by atoms with E-state index in [4.69, 9.17) is 4.74 Å². The normalized spacial score (nSPS) is 13.2. The Labute approximate surface area is 144 Å². The number of nitrogens with one attached hydrogen (secondary N) is 1. The highest BCUT2D eigenvalue weighted by atomic mass is 32.2. The lowest BCUT2D eigenvalue weighted by Gasteiger charge is -2.27. The minimum Gasteiger partial charge on any atom is -0.466 e. The first-order valence-electron chi connectivity index (χ1n) is 7.25. The summed E-state index contributed by atoms with van der Waals surface area (Å²) in [6.45, 7) is 7.59. The number of thioether (sulfide) groups is 1. The quantitative estimate of drug-likeness (QED) is 0.569. The first-order valence-corrected chi connectivity index (χ1v) is 9.12. The number of nitrogens with zero attached hydrogens (tertiary/aromatic N) is 2. The number of carbonyl (C=O) groups is 2. The average Bonchev–Trinajstić information content (AvgIpc) is 2.92. The van der Waals surface area contributed by atoms with Crippen LogP contribution in [-0.2, 0) is 20.7 Å². The van der Waals surface area contributed by atoms with Crippen molar-refractivity contribution in [2.75, 3.05) is 12.4 Å². The molecule has 0 aliphatic carbocycles. The topological polar surface area (TPSA) is 92.1 Å². The van der Waals surface area contributed by atoms with Gasteiger partial charge < -0.3 is 10.1 Å². The lowest BCUT2D eigenvalue weighted by atomic mass is 9.90. The molecule has 0 aromatic carbocycles. The molecule has 126 valence electrons. The highest BCUT2D eigenvalue weighted by Gasteiger charge is 2.29. The van der Waals surface area contributed by atoms with Crippen molar-refractivity contribution in [2.45, 2.75) is 44.0 Å². The summed E-state index contributed by atoms with van der Waals surface area (Å²) >= 11 is 2.67. The molecule has 0 saturated heterocycles. The number of aromatic nitrogens is 1. The summed E-state index contributed by atoms with van der Waals surface area (Å²) in [5.74, 6) is -0.336. The molecule has 8 heteroatoms. The molecule has 0 radical (unpaired) electrons. The van der Waals surface area contributed by atoms with Gasteiger partial charge in [0.2, 0.25) is 5.91 Å². The third-order valence-corrected chi connectivity index (χ3v) is 5.34. The van der Waals surface area contributed by atoms with Crippen LogP contribution in [0.25, 0.3) is 0 Å². The first kappa shape index (κ1) is 19.5. The smallest absolute Gasteiger partial charge is 0.311 e. The summed E-state index contributed by atoms with van der Waals surface area (Å²) in [5, 5.41) is 13.7. The molecule has 0 aliphatic rings. The van der Waals surface area contributed by atoms with Crippen LogP contribution in [0.3, 0.4) is 0 Å². The summed E-state index contributed by atoms with van der Waals surface area (Å²) in [7, 11) is 0. The maximum Gasteiger partial charge on any atom is 0.311 e. The second-order valence-corrected chi connectivity index (χ2v) is 7.47. The molecule has 1 aromatic rings. The molecule has 1 heterocycles. The van der Waals surface area contributed by atoms with Crippen molar-refractivity contribution in [2.24, 2.45) is 5.92 Å². The number of rotatable bonds is 8. The van der Waals surface area contributed by atoms with E-state index >= 15 is 0 Å². The number of hydrogen-bond donors (Lipinski definition) is 1. The van der Waals surface area contributed by atoms with Crippen LogP contribution in [-0.4, -0.2) is 34.8 Å². The average molecular weight is 355 g/mol. The van der Waals surface area contributed by atoms with E-state index < -0.39 is 5.54 Å². The van der Waals surface area contributed by atoms with Crippen LogP contribution >= 0.6 is 23.1 Å². The van der Waals surface area contributed by atoms with Crippen molar-refractivity contribution < 1.29 is 14.3 Å². The summed E-state index contributed by atoms with van der Waals surface area (Å²) in [6.07, 6.45) is 0.136.